The van der Waals surface area contributed by atoms with Crippen molar-refractivity contribution in [2.75, 3.05) is 13.2 Å². The first-order valence-corrected chi connectivity index (χ1v) is 8.89. The van der Waals surface area contributed by atoms with Gasteiger partial charge in [0.25, 0.3) is 0 Å². The van der Waals surface area contributed by atoms with Gasteiger partial charge in [-0.05, 0) is 62.8 Å². The molecule has 1 saturated heterocycles. The quantitative estimate of drug-likeness (QED) is 0.799. The molecule has 1 spiro atoms. The predicted octanol–water partition coefficient (Wildman–Crippen LogP) is 4.53. The zero-order valence-corrected chi connectivity index (χ0v) is 14.1. The molecule has 20 heavy (non-hydrogen) atoms. The number of ether oxygens (including phenoxy) is 1. The first kappa shape index (κ1) is 16.3. The van der Waals surface area contributed by atoms with E-state index in [1.807, 2.05) is 0 Å². The molecular weight excluding hydrogens is 246 g/mol. The second kappa shape index (κ2) is 6.79. The van der Waals surface area contributed by atoms with E-state index in [1.54, 1.807) is 0 Å². The smallest absolute Gasteiger partial charge is 0.0697 e. The van der Waals surface area contributed by atoms with Crippen LogP contribution in [0, 0.1) is 11.3 Å². The van der Waals surface area contributed by atoms with E-state index in [1.165, 1.54) is 51.4 Å². The lowest BCUT2D eigenvalue weighted by atomic mass is 9.65. The van der Waals surface area contributed by atoms with Crippen molar-refractivity contribution in [1.82, 2.24) is 5.32 Å². The van der Waals surface area contributed by atoms with Crippen LogP contribution in [0.2, 0.25) is 0 Å². The molecule has 1 aliphatic heterocycles. The second-order valence-electron chi connectivity index (χ2n) is 7.79. The van der Waals surface area contributed by atoms with E-state index in [9.17, 15) is 0 Å². The Bertz CT molecular complexity index is 292. The molecule has 1 heterocycles. The summed E-state index contributed by atoms with van der Waals surface area (Å²) in [6.45, 7) is 11.6. The maximum absolute atomic E-state index is 6.27. The Morgan fingerprint density at radius 1 is 1.15 bits per heavy atom. The molecule has 118 valence electrons. The minimum absolute atomic E-state index is 0.212. The van der Waals surface area contributed by atoms with Crippen molar-refractivity contribution < 1.29 is 4.74 Å². The third kappa shape index (κ3) is 3.76. The third-order valence-corrected chi connectivity index (χ3v) is 6.09. The number of rotatable bonds is 5. The highest BCUT2D eigenvalue weighted by molar-refractivity contribution is 4.95. The molecule has 0 aromatic rings. The molecule has 0 amide bonds. The summed E-state index contributed by atoms with van der Waals surface area (Å²) in [6, 6.07) is 0.694. The minimum atomic E-state index is 0.212. The number of nitrogens with one attached hydrogen (secondary N) is 1. The Morgan fingerprint density at radius 2 is 1.85 bits per heavy atom. The Labute approximate surface area is 126 Å². The molecule has 1 N–H and O–H groups in total. The highest BCUT2D eigenvalue weighted by Gasteiger charge is 2.43. The van der Waals surface area contributed by atoms with Crippen LogP contribution >= 0.6 is 0 Å². The summed E-state index contributed by atoms with van der Waals surface area (Å²) in [5.41, 5.74) is 0.722. The van der Waals surface area contributed by atoms with Gasteiger partial charge in [0, 0.05) is 12.6 Å². The molecule has 2 heteroatoms. The largest absolute Gasteiger partial charge is 0.375 e. The van der Waals surface area contributed by atoms with Gasteiger partial charge in [0.1, 0.15) is 0 Å². The summed E-state index contributed by atoms with van der Waals surface area (Å²) in [5.74, 6) is 0.894. The van der Waals surface area contributed by atoms with Crippen LogP contribution in [0.1, 0.15) is 79.1 Å². The number of hydrogen-bond donors (Lipinski definition) is 1. The van der Waals surface area contributed by atoms with Gasteiger partial charge in [-0.15, -0.1) is 0 Å². The molecule has 0 aromatic heterocycles. The Kier molecular flexibility index (Phi) is 5.53. The molecular formula is C18H35NO. The number of hydrogen-bond acceptors (Lipinski definition) is 2. The Balaban J connectivity index is 1.88. The highest BCUT2D eigenvalue weighted by Crippen LogP contribution is 2.47. The van der Waals surface area contributed by atoms with E-state index in [-0.39, 0.29) is 5.60 Å². The van der Waals surface area contributed by atoms with Crippen molar-refractivity contribution in [3.63, 3.8) is 0 Å². The van der Waals surface area contributed by atoms with Crippen LogP contribution in [0.25, 0.3) is 0 Å². The van der Waals surface area contributed by atoms with Gasteiger partial charge < -0.3 is 10.1 Å². The van der Waals surface area contributed by atoms with Crippen LogP contribution in [0.5, 0.6) is 0 Å². The fraction of sp³-hybridized carbons (Fsp3) is 1.00. The molecule has 0 radical (unpaired) electrons. The Morgan fingerprint density at radius 3 is 2.45 bits per heavy atom. The van der Waals surface area contributed by atoms with Gasteiger partial charge in [0.2, 0.25) is 0 Å². The summed E-state index contributed by atoms with van der Waals surface area (Å²) in [4.78, 5) is 0. The average molecular weight is 281 g/mol. The summed E-state index contributed by atoms with van der Waals surface area (Å²) in [6.07, 6.45) is 10.3. The third-order valence-electron chi connectivity index (χ3n) is 6.09. The normalized spacial score (nSPS) is 35.4. The first-order chi connectivity index (χ1) is 9.51. The van der Waals surface area contributed by atoms with E-state index < -0.39 is 0 Å². The maximum atomic E-state index is 6.27. The van der Waals surface area contributed by atoms with Gasteiger partial charge in [-0.1, -0.05) is 34.1 Å². The van der Waals surface area contributed by atoms with Crippen molar-refractivity contribution in [3.8, 4) is 0 Å². The summed E-state index contributed by atoms with van der Waals surface area (Å²) < 4.78 is 6.27. The van der Waals surface area contributed by atoms with E-state index in [2.05, 4.69) is 33.0 Å². The van der Waals surface area contributed by atoms with E-state index in [0.29, 0.717) is 11.5 Å². The zero-order valence-electron chi connectivity index (χ0n) is 14.1. The van der Waals surface area contributed by atoms with Gasteiger partial charge in [-0.25, -0.2) is 0 Å². The molecule has 1 atom stereocenters. The molecule has 1 aliphatic carbocycles. The first-order valence-electron chi connectivity index (χ1n) is 8.89. The van der Waals surface area contributed by atoms with Gasteiger partial charge >= 0.3 is 0 Å². The van der Waals surface area contributed by atoms with Gasteiger partial charge in [0.05, 0.1) is 5.60 Å². The predicted molar refractivity (Wildman–Crippen MR) is 86.0 cm³/mol. The Hall–Kier alpha value is -0.0800. The molecule has 2 aliphatic rings. The lowest BCUT2D eigenvalue weighted by Crippen LogP contribution is -2.49. The lowest BCUT2D eigenvalue weighted by molar-refractivity contribution is -0.122. The van der Waals surface area contributed by atoms with Crippen molar-refractivity contribution in [2.24, 2.45) is 11.3 Å². The van der Waals surface area contributed by atoms with Crippen molar-refractivity contribution in [3.05, 3.63) is 0 Å². The minimum Gasteiger partial charge on any atom is -0.375 e. The molecule has 1 unspecified atom stereocenters. The van der Waals surface area contributed by atoms with E-state index in [0.717, 1.165) is 19.1 Å². The lowest BCUT2D eigenvalue weighted by Gasteiger charge is -2.48. The maximum Gasteiger partial charge on any atom is 0.0697 e. The molecule has 2 rings (SSSR count). The van der Waals surface area contributed by atoms with Crippen LogP contribution in [0.4, 0.5) is 0 Å². The van der Waals surface area contributed by atoms with Crippen molar-refractivity contribution in [1.29, 1.82) is 0 Å². The van der Waals surface area contributed by atoms with E-state index >= 15 is 0 Å². The fourth-order valence-electron chi connectivity index (χ4n) is 4.11. The summed E-state index contributed by atoms with van der Waals surface area (Å²) in [7, 11) is 0. The van der Waals surface area contributed by atoms with Crippen LogP contribution in [0.3, 0.4) is 0 Å². The van der Waals surface area contributed by atoms with Crippen molar-refractivity contribution >= 4 is 0 Å². The SMILES string of the molecule is CCCNC1CCOC2(CCC(C(C)(C)CC)CC2)C1. The van der Waals surface area contributed by atoms with Crippen molar-refractivity contribution in [2.45, 2.75) is 90.7 Å². The summed E-state index contributed by atoms with van der Waals surface area (Å²) >= 11 is 0. The monoisotopic (exact) mass is 281 g/mol. The second-order valence-corrected chi connectivity index (χ2v) is 7.79. The van der Waals surface area contributed by atoms with E-state index in [4.69, 9.17) is 4.74 Å². The van der Waals surface area contributed by atoms with Crippen LogP contribution in [0.15, 0.2) is 0 Å². The zero-order chi connectivity index (χ0) is 14.6. The van der Waals surface area contributed by atoms with Gasteiger partial charge in [-0.2, -0.15) is 0 Å². The standard InChI is InChI=1S/C18H35NO/c1-5-12-19-16-9-13-20-18(14-16)10-7-15(8-11-18)17(3,4)6-2/h15-16,19H,5-14H2,1-4H3. The van der Waals surface area contributed by atoms with Gasteiger partial charge in [-0.3, -0.25) is 0 Å². The molecule has 1 saturated carbocycles. The molecule has 0 bridgehead atoms. The fourth-order valence-corrected chi connectivity index (χ4v) is 4.11. The van der Waals surface area contributed by atoms with Crippen LogP contribution in [-0.2, 0) is 4.74 Å². The molecule has 2 fully saturated rings. The average Bonchev–Trinajstić information content (AvgIpc) is 2.46. The summed E-state index contributed by atoms with van der Waals surface area (Å²) in [5, 5.41) is 3.72. The van der Waals surface area contributed by atoms with Crippen LogP contribution in [-0.4, -0.2) is 24.8 Å². The highest BCUT2D eigenvalue weighted by atomic mass is 16.5. The van der Waals surface area contributed by atoms with Crippen LogP contribution < -0.4 is 5.32 Å². The molecule has 0 aromatic carbocycles. The molecule has 2 nitrogen and oxygen atoms in total. The van der Waals surface area contributed by atoms with Gasteiger partial charge in [0.15, 0.2) is 0 Å². The topological polar surface area (TPSA) is 21.3 Å².